The highest BCUT2D eigenvalue weighted by Gasteiger charge is 2.38. The molecule has 1 aromatic heterocycles. The number of hydrogen-bond donors (Lipinski definition) is 3. The molecule has 1 amide bonds. The van der Waals surface area contributed by atoms with Crippen LogP contribution in [0.2, 0.25) is 0 Å². The lowest BCUT2D eigenvalue weighted by molar-refractivity contribution is -0.140. The minimum absolute atomic E-state index is 0.0115. The van der Waals surface area contributed by atoms with Gasteiger partial charge >= 0.3 is 11.9 Å². The van der Waals surface area contributed by atoms with Crippen molar-refractivity contribution in [2.24, 2.45) is 0 Å². The summed E-state index contributed by atoms with van der Waals surface area (Å²) in [5, 5.41) is 16.8. The van der Waals surface area contributed by atoms with Gasteiger partial charge in [0.15, 0.2) is 10.2 Å². The summed E-state index contributed by atoms with van der Waals surface area (Å²) in [7, 11) is 0. The zero-order chi connectivity index (χ0) is 24.1. The smallest absolute Gasteiger partial charge is 0.341 e. The van der Waals surface area contributed by atoms with Gasteiger partial charge in [-0.25, -0.2) is 14.2 Å². The standard InChI is InChI=1S/C19H15FN4O5S4/c1-2-29-16(28)13(14-15(27)24(7-12(25)26)19(31)33-14)11-8-32-18(22-11)23-17(30)21-10-5-3-9(20)4-6-10/h3-6,8H,2,7H2,1H3,(H,25,26)(H2,21,22,23,30). The summed E-state index contributed by atoms with van der Waals surface area (Å²) in [6.07, 6.45) is 0. The van der Waals surface area contributed by atoms with Crippen LogP contribution in [0.25, 0.3) is 5.57 Å². The molecule has 3 rings (SSSR count). The maximum Gasteiger partial charge on any atom is 0.341 e. The van der Waals surface area contributed by atoms with E-state index in [1.807, 2.05) is 0 Å². The molecule has 0 bridgehead atoms. The minimum atomic E-state index is -1.24. The van der Waals surface area contributed by atoms with Gasteiger partial charge < -0.3 is 20.5 Å². The Hall–Kier alpha value is -2.94. The summed E-state index contributed by atoms with van der Waals surface area (Å²) >= 11 is 12.3. The molecule has 14 heteroatoms. The second-order valence-corrected chi connectivity index (χ2v) is 9.11. The Morgan fingerprint density at radius 1 is 1.27 bits per heavy atom. The Kier molecular flexibility index (Phi) is 8.07. The van der Waals surface area contributed by atoms with Gasteiger partial charge in [-0.3, -0.25) is 14.5 Å². The van der Waals surface area contributed by atoms with Crippen molar-refractivity contribution in [3.8, 4) is 0 Å². The van der Waals surface area contributed by atoms with Crippen molar-refractivity contribution in [2.75, 3.05) is 23.8 Å². The molecule has 0 atom stereocenters. The highest BCUT2D eigenvalue weighted by molar-refractivity contribution is 8.26. The number of aromatic nitrogens is 1. The number of benzene rings is 1. The van der Waals surface area contributed by atoms with Crippen molar-refractivity contribution in [3.05, 3.63) is 46.1 Å². The summed E-state index contributed by atoms with van der Waals surface area (Å²) in [5.41, 5.74) is 0.574. The zero-order valence-corrected chi connectivity index (χ0v) is 20.1. The van der Waals surface area contributed by atoms with Gasteiger partial charge in [0, 0.05) is 11.1 Å². The first-order valence-electron chi connectivity index (χ1n) is 9.16. The molecular formula is C19H15FN4O5S4. The van der Waals surface area contributed by atoms with E-state index in [0.29, 0.717) is 10.8 Å². The third-order valence-electron chi connectivity index (χ3n) is 3.93. The van der Waals surface area contributed by atoms with Crippen LogP contribution in [-0.4, -0.2) is 55.4 Å². The van der Waals surface area contributed by atoms with Crippen molar-refractivity contribution < 1.29 is 28.6 Å². The summed E-state index contributed by atoms with van der Waals surface area (Å²) in [4.78, 5) is 41.6. The fraction of sp³-hybridized carbons (Fsp3) is 0.158. The molecule has 9 nitrogen and oxygen atoms in total. The molecule has 172 valence electrons. The number of amides is 1. The van der Waals surface area contributed by atoms with E-state index in [9.17, 15) is 18.8 Å². The van der Waals surface area contributed by atoms with E-state index < -0.39 is 24.4 Å². The first-order chi connectivity index (χ1) is 15.7. The average molecular weight is 527 g/mol. The molecule has 0 unspecified atom stereocenters. The van der Waals surface area contributed by atoms with E-state index in [2.05, 4.69) is 15.6 Å². The monoisotopic (exact) mass is 526 g/mol. The second kappa shape index (κ2) is 10.8. The number of thiocarbonyl (C=S) groups is 2. The summed E-state index contributed by atoms with van der Waals surface area (Å²) in [6, 6.07) is 5.57. The van der Waals surface area contributed by atoms with Gasteiger partial charge in [-0.05, 0) is 43.4 Å². The average Bonchev–Trinajstić information content (AvgIpc) is 3.30. The number of ether oxygens (including phenoxy) is 1. The lowest BCUT2D eigenvalue weighted by Crippen LogP contribution is -2.33. The van der Waals surface area contributed by atoms with Gasteiger partial charge in [-0.1, -0.05) is 24.0 Å². The number of carbonyl (C=O) groups excluding carboxylic acids is 2. The quantitative estimate of drug-likeness (QED) is 0.280. The topological polar surface area (TPSA) is 121 Å². The first kappa shape index (κ1) is 24.7. The van der Waals surface area contributed by atoms with E-state index in [0.717, 1.165) is 28.0 Å². The van der Waals surface area contributed by atoms with Crippen LogP contribution in [0.3, 0.4) is 0 Å². The molecule has 3 N–H and O–H groups in total. The number of carboxylic acids is 1. The SMILES string of the molecule is CCOC(=O)C(=C1SC(=S)N(CC(=O)O)C1=O)c1csc(NC(=S)Nc2ccc(F)cc2)n1. The number of thiazole rings is 1. The van der Waals surface area contributed by atoms with Crippen LogP contribution in [0.1, 0.15) is 12.6 Å². The normalized spacial score (nSPS) is 14.8. The van der Waals surface area contributed by atoms with Crippen molar-refractivity contribution in [3.63, 3.8) is 0 Å². The Morgan fingerprint density at radius 2 is 1.97 bits per heavy atom. The van der Waals surface area contributed by atoms with Gasteiger partial charge in [0.05, 0.1) is 17.2 Å². The van der Waals surface area contributed by atoms with Gasteiger partial charge in [0.1, 0.15) is 22.3 Å². The van der Waals surface area contributed by atoms with Gasteiger partial charge in [0.2, 0.25) is 0 Å². The third-order valence-corrected chi connectivity index (χ3v) is 6.34. The van der Waals surface area contributed by atoms with Crippen molar-refractivity contribution >= 4 is 91.2 Å². The van der Waals surface area contributed by atoms with Crippen LogP contribution in [-0.2, 0) is 19.1 Å². The first-order valence-corrected chi connectivity index (χ1v) is 11.7. The predicted molar refractivity (Wildman–Crippen MR) is 131 cm³/mol. The van der Waals surface area contributed by atoms with Crippen LogP contribution in [0.5, 0.6) is 0 Å². The number of carboxylic acid groups (broad SMARTS) is 1. The zero-order valence-electron chi connectivity index (χ0n) is 16.8. The van der Waals surface area contributed by atoms with E-state index in [1.54, 1.807) is 6.92 Å². The van der Waals surface area contributed by atoms with Crippen LogP contribution in [0.15, 0.2) is 34.6 Å². The minimum Gasteiger partial charge on any atom is -0.480 e. The summed E-state index contributed by atoms with van der Waals surface area (Å²) in [5.74, 6) is -3.14. The fourth-order valence-corrected chi connectivity index (χ4v) is 4.88. The number of rotatable bonds is 7. The summed E-state index contributed by atoms with van der Waals surface area (Å²) in [6.45, 7) is 1.04. The van der Waals surface area contributed by atoms with Gasteiger partial charge in [0.25, 0.3) is 5.91 Å². The van der Waals surface area contributed by atoms with E-state index in [4.69, 9.17) is 34.3 Å². The number of nitrogens with zero attached hydrogens (tertiary/aromatic N) is 2. The largest absolute Gasteiger partial charge is 0.480 e. The Morgan fingerprint density at radius 3 is 2.61 bits per heavy atom. The predicted octanol–water partition coefficient (Wildman–Crippen LogP) is 3.31. The van der Waals surface area contributed by atoms with Gasteiger partial charge in [-0.2, -0.15) is 0 Å². The summed E-state index contributed by atoms with van der Waals surface area (Å²) < 4.78 is 18.1. The number of carbonyl (C=O) groups is 3. The molecule has 2 heterocycles. The molecule has 1 saturated heterocycles. The number of hydrogen-bond acceptors (Lipinski definition) is 9. The molecule has 0 spiro atoms. The lowest BCUT2D eigenvalue weighted by Gasteiger charge is -2.11. The maximum absolute atomic E-state index is 13.0. The Labute approximate surface area is 206 Å². The number of halogens is 1. The highest BCUT2D eigenvalue weighted by Crippen LogP contribution is 2.38. The number of anilines is 2. The molecule has 1 aromatic carbocycles. The van der Waals surface area contributed by atoms with Crippen LogP contribution in [0, 0.1) is 5.82 Å². The number of nitrogens with one attached hydrogen (secondary N) is 2. The van der Waals surface area contributed by atoms with E-state index in [-0.39, 0.29) is 38.0 Å². The highest BCUT2D eigenvalue weighted by atomic mass is 32.2. The molecule has 0 saturated carbocycles. The molecule has 1 aliphatic heterocycles. The molecule has 0 aliphatic carbocycles. The van der Waals surface area contributed by atoms with Crippen molar-refractivity contribution in [2.45, 2.75) is 6.92 Å². The molecule has 1 aliphatic rings. The fourth-order valence-electron chi connectivity index (χ4n) is 2.58. The molecule has 1 fully saturated rings. The molecule has 0 radical (unpaired) electrons. The van der Waals surface area contributed by atoms with Crippen LogP contribution < -0.4 is 10.6 Å². The van der Waals surface area contributed by atoms with Crippen LogP contribution in [0.4, 0.5) is 15.2 Å². The van der Waals surface area contributed by atoms with E-state index in [1.165, 1.54) is 29.6 Å². The van der Waals surface area contributed by atoms with Crippen molar-refractivity contribution in [1.29, 1.82) is 0 Å². The Balaban J connectivity index is 1.85. The lowest BCUT2D eigenvalue weighted by atomic mass is 10.2. The molecule has 33 heavy (non-hydrogen) atoms. The maximum atomic E-state index is 13.0. The number of esters is 1. The second-order valence-electron chi connectivity index (χ2n) is 6.20. The number of aliphatic carboxylic acids is 1. The van der Waals surface area contributed by atoms with Crippen molar-refractivity contribution in [1.82, 2.24) is 9.88 Å². The van der Waals surface area contributed by atoms with E-state index >= 15 is 0 Å². The molecular weight excluding hydrogens is 511 g/mol. The third kappa shape index (κ3) is 6.10. The van der Waals surface area contributed by atoms with Crippen LogP contribution >= 0.6 is 47.5 Å². The van der Waals surface area contributed by atoms with Gasteiger partial charge in [-0.15, -0.1) is 11.3 Å². The number of thioether (sulfide) groups is 1. The molecule has 2 aromatic rings. The Bertz CT molecular complexity index is 1170.